The van der Waals surface area contributed by atoms with Crippen LogP contribution in [0, 0.1) is 0 Å². The summed E-state index contributed by atoms with van der Waals surface area (Å²) < 4.78 is 6.06. The Morgan fingerprint density at radius 3 is 2.12 bits per heavy atom. The van der Waals surface area contributed by atoms with Crippen molar-refractivity contribution in [2.24, 2.45) is 0 Å². The van der Waals surface area contributed by atoms with Crippen LogP contribution in [0.3, 0.4) is 0 Å². The van der Waals surface area contributed by atoms with Crippen LogP contribution < -0.4 is 0 Å². The van der Waals surface area contributed by atoms with E-state index in [9.17, 15) is 0 Å². The van der Waals surface area contributed by atoms with Crippen LogP contribution >= 0.6 is 18.5 Å². The van der Waals surface area contributed by atoms with Gasteiger partial charge in [-0.05, 0) is 44.8 Å². The molecule has 1 fully saturated rings. The molecule has 0 spiro atoms. The third-order valence-corrected chi connectivity index (χ3v) is 6.53. The van der Waals surface area contributed by atoms with Gasteiger partial charge in [0.15, 0.2) is 0 Å². The van der Waals surface area contributed by atoms with Crippen LogP contribution in [-0.4, -0.2) is 11.8 Å². The first-order valence-corrected chi connectivity index (χ1v) is 9.69. The van der Waals surface area contributed by atoms with Crippen molar-refractivity contribution in [2.45, 2.75) is 11.8 Å². The van der Waals surface area contributed by atoms with E-state index in [2.05, 4.69) is 85.2 Å². The fraction of sp³-hybridized carbons (Fsp3) is 0.0909. The number of benzene rings is 2. The van der Waals surface area contributed by atoms with E-state index >= 15 is 0 Å². The fourth-order valence-corrected chi connectivity index (χ4v) is 5.71. The monoisotopic (exact) mass is 360 g/mol. The summed E-state index contributed by atoms with van der Waals surface area (Å²) in [6.07, 6.45) is 4.00. The van der Waals surface area contributed by atoms with Gasteiger partial charge in [0.1, 0.15) is 6.10 Å². The Morgan fingerprint density at radius 2 is 1.44 bits per heavy atom. The second-order valence-corrected chi connectivity index (χ2v) is 7.76. The molecule has 0 amide bonds. The molecule has 3 aliphatic rings. The van der Waals surface area contributed by atoms with Gasteiger partial charge >= 0.3 is 0 Å². The number of hydrogen-bond acceptors (Lipinski definition) is 1. The van der Waals surface area contributed by atoms with E-state index in [0.29, 0.717) is 5.66 Å². The molecule has 4 atom stereocenters. The van der Waals surface area contributed by atoms with Gasteiger partial charge in [0.2, 0.25) is 0 Å². The van der Waals surface area contributed by atoms with Gasteiger partial charge in [-0.15, -0.1) is 18.5 Å². The normalized spacial score (nSPS) is 24.1. The first kappa shape index (κ1) is 15.3. The summed E-state index contributed by atoms with van der Waals surface area (Å²) in [4.78, 5) is 0. The number of fused-ring (bicyclic) bond motifs is 5. The summed E-state index contributed by atoms with van der Waals surface area (Å²) in [5, 5.41) is 1.29. The highest BCUT2D eigenvalue weighted by atomic mass is 31.0. The largest absolute Gasteiger partial charge is 0.489 e. The second-order valence-electron chi connectivity index (χ2n) is 6.51. The lowest BCUT2D eigenvalue weighted by molar-refractivity contribution is 0.212. The summed E-state index contributed by atoms with van der Waals surface area (Å²) in [5.41, 5.74) is 9.55. The predicted molar refractivity (Wildman–Crippen MR) is 111 cm³/mol. The van der Waals surface area contributed by atoms with Crippen LogP contribution in [0.25, 0.3) is 11.1 Å². The molecule has 2 aromatic rings. The van der Waals surface area contributed by atoms with E-state index in [1.165, 1.54) is 44.3 Å². The maximum atomic E-state index is 6.06. The van der Waals surface area contributed by atoms with Gasteiger partial charge in [-0.25, -0.2) is 0 Å². The zero-order valence-corrected chi connectivity index (χ0v) is 16.0. The molecule has 25 heavy (non-hydrogen) atoms. The molecular weight excluding hydrogens is 342 g/mol. The average Bonchev–Trinajstić information content (AvgIpc) is 3.10. The molecule has 122 valence electrons. The number of ether oxygens (including phenoxy) is 1. The summed E-state index contributed by atoms with van der Waals surface area (Å²) in [5.74, 6) is 0. The van der Waals surface area contributed by atoms with Gasteiger partial charge in [-0.3, -0.25) is 0 Å². The van der Waals surface area contributed by atoms with Crippen molar-refractivity contribution in [3.05, 3.63) is 106 Å². The minimum Gasteiger partial charge on any atom is -0.489 e. The van der Waals surface area contributed by atoms with Crippen molar-refractivity contribution >= 4 is 29.6 Å². The highest BCUT2D eigenvalue weighted by Crippen LogP contribution is 2.59. The SMILES string of the molecule is PC1=C2C(P)C(=C1c1ccccc1)C1=C(c3ccccc3)C=COC12. The quantitative estimate of drug-likeness (QED) is 0.669. The lowest BCUT2D eigenvalue weighted by Gasteiger charge is -2.27. The molecule has 2 bridgehead atoms. The van der Waals surface area contributed by atoms with Gasteiger partial charge < -0.3 is 4.74 Å². The molecule has 2 aromatic carbocycles. The molecule has 1 nitrogen and oxygen atoms in total. The molecule has 5 rings (SSSR count). The molecule has 1 heterocycles. The molecule has 1 saturated carbocycles. The van der Waals surface area contributed by atoms with E-state index in [0.717, 1.165) is 0 Å². The number of rotatable bonds is 2. The van der Waals surface area contributed by atoms with Gasteiger partial charge in [0.25, 0.3) is 0 Å². The molecule has 0 N–H and O–H groups in total. The minimum atomic E-state index is 0.0395. The third-order valence-electron chi connectivity index (χ3n) is 5.22. The van der Waals surface area contributed by atoms with Crippen molar-refractivity contribution in [1.82, 2.24) is 0 Å². The van der Waals surface area contributed by atoms with Crippen molar-refractivity contribution in [2.75, 3.05) is 0 Å². The maximum absolute atomic E-state index is 6.06. The molecule has 3 heteroatoms. The molecule has 0 aromatic heterocycles. The summed E-state index contributed by atoms with van der Waals surface area (Å²) in [7, 11) is 5.99. The highest BCUT2D eigenvalue weighted by molar-refractivity contribution is 7.25. The lowest BCUT2D eigenvalue weighted by Crippen LogP contribution is -2.18. The van der Waals surface area contributed by atoms with Gasteiger partial charge in [0, 0.05) is 11.2 Å². The average molecular weight is 360 g/mol. The molecule has 2 aliphatic carbocycles. The standard InChI is InChI=1S/C22H18OP2/c24-21-16(14-9-5-2-6-10-14)18-17-15(13-7-3-1-4-8-13)11-12-23-20(17)19(21)22(18)25/h1-12,20,22H,24-25H2. The van der Waals surface area contributed by atoms with Crippen LogP contribution in [0.4, 0.5) is 0 Å². The fourth-order valence-electron chi connectivity index (χ4n) is 4.16. The van der Waals surface area contributed by atoms with E-state index in [1.807, 2.05) is 6.26 Å². The van der Waals surface area contributed by atoms with Crippen LogP contribution in [0.2, 0.25) is 0 Å². The summed E-state index contributed by atoms with van der Waals surface area (Å²) in [6.45, 7) is 0. The first-order chi connectivity index (χ1) is 12.3. The van der Waals surface area contributed by atoms with E-state index in [4.69, 9.17) is 4.74 Å². The van der Waals surface area contributed by atoms with Gasteiger partial charge in [-0.2, -0.15) is 0 Å². The first-order valence-electron chi connectivity index (χ1n) is 8.44. The number of allylic oxidation sites excluding steroid dienone is 4. The van der Waals surface area contributed by atoms with E-state index in [-0.39, 0.29) is 6.10 Å². The summed E-state index contributed by atoms with van der Waals surface area (Å²) >= 11 is 0. The van der Waals surface area contributed by atoms with E-state index in [1.54, 1.807) is 0 Å². The Hall–Kier alpha value is -1.94. The Labute approximate surface area is 152 Å². The molecule has 0 radical (unpaired) electrons. The second kappa shape index (κ2) is 5.80. The molecular formula is C22H18OP2. The topological polar surface area (TPSA) is 9.23 Å². The smallest absolute Gasteiger partial charge is 0.147 e. The summed E-state index contributed by atoms with van der Waals surface area (Å²) in [6, 6.07) is 21.3. The Kier molecular flexibility index (Phi) is 3.56. The van der Waals surface area contributed by atoms with Crippen molar-refractivity contribution in [3.63, 3.8) is 0 Å². The Bertz CT molecular complexity index is 981. The van der Waals surface area contributed by atoms with Gasteiger partial charge in [0.05, 0.1) is 6.26 Å². The van der Waals surface area contributed by atoms with Crippen molar-refractivity contribution in [3.8, 4) is 0 Å². The highest BCUT2D eigenvalue weighted by Gasteiger charge is 2.48. The van der Waals surface area contributed by atoms with Crippen LogP contribution in [0.1, 0.15) is 11.1 Å². The van der Waals surface area contributed by atoms with Crippen molar-refractivity contribution in [1.29, 1.82) is 0 Å². The zero-order chi connectivity index (χ0) is 17.0. The zero-order valence-electron chi connectivity index (χ0n) is 13.6. The lowest BCUT2D eigenvalue weighted by atomic mass is 9.87. The van der Waals surface area contributed by atoms with Crippen LogP contribution in [0.5, 0.6) is 0 Å². The van der Waals surface area contributed by atoms with Crippen LogP contribution in [0.15, 0.2) is 95.0 Å². The molecule has 1 aliphatic heterocycles. The Balaban J connectivity index is 1.80. The molecule has 4 unspecified atom stereocenters. The Morgan fingerprint density at radius 1 is 0.800 bits per heavy atom. The number of hydrogen-bond donors (Lipinski definition) is 0. The third kappa shape index (κ3) is 2.16. The van der Waals surface area contributed by atoms with Crippen molar-refractivity contribution < 1.29 is 4.74 Å². The molecule has 0 saturated heterocycles. The maximum Gasteiger partial charge on any atom is 0.147 e. The van der Waals surface area contributed by atoms with Gasteiger partial charge in [-0.1, -0.05) is 60.7 Å². The van der Waals surface area contributed by atoms with E-state index < -0.39 is 0 Å². The van der Waals surface area contributed by atoms with Crippen LogP contribution in [-0.2, 0) is 4.74 Å². The minimum absolute atomic E-state index is 0.0395. The predicted octanol–water partition coefficient (Wildman–Crippen LogP) is 5.21.